The van der Waals surface area contributed by atoms with E-state index in [1.54, 1.807) is 0 Å². The third-order valence-corrected chi connectivity index (χ3v) is 1.62. The summed E-state index contributed by atoms with van der Waals surface area (Å²) >= 11 is 0. The van der Waals surface area contributed by atoms with Crippen molar-refractivity contribution < 1.29 is 17.1 Å². The fraction of sp³-hybridized carbons (Fsp3) is 0.167. The molecule has 0 unspecified atom stereocenters. The smallest absolute Gasteiger partial charge is 0.214 e. The number of hydrogen-bond donors (Lipinski definition) is 0. The maximum Gasteiger partial charge on any atom is 2.00 e. The molecule has 0 spiro atoms. The molecule has 13 heavy (non-hydrogen) atoms. The van der Waals surface area contributed by atoms with Crippen molar-refractivity contribution in [1.29, 1.82) is 0 Å². The van der Waals surface area contributed by atoms with Crippen LogP contribution in [-0.2, 0) is 17.1 Å². The standard InChI is InChI=1S/C7H9.C5H5.Fe/c1-6-3-4-7(2)5-6;1-2-4-5-3-1;/h3-5H,1-2H3;1-5H;/q2*-1;+2. The van der Waals surface area contributed by atoms with Crippen LogP contribution in [0.25, 0.3) is 0 Å². The van der Waals surface area contributed by atoms with Crippen LogP contribution in [0.15, 0.2) is 48.5 Å². The minimum absolute atomic E-state index is 0. The molecule has 0 fully saturated rings. The summed E-state index contributed by atoms with van der Waals surface area (Å²) in [6.45, 7) is 4.21. The summed E-state index contributed by atoms with van der Waals surface area (Å²) in [5.41, 5.74) is 2.72. The van der Waals surface area contributed by atoms with E-state index in [1.165, 1.54) is 11.1 Å². The van der Waals surface area contributed by atoms with E-state index < -0.39 is 0 Å². The van der Waals surface area contributed by atoms with E-state index in [9.17, 15) is 0 Å². The van der Waals surface area contributed by atoms with Gasteiger partial charge < -0.3 is 0 Å². The SMILES string of the molecule is Cc1c[cH-]c(C)c1.[Fe+2].c1cc[cH-]c1. The fourth-order valence-electron chi connectivity index (χ4n) is 1.04. The molecule has 0 amide bonds. The first-order valence-electron chi connectivity index (χ1n) is 4.15. The van der Waals surface area contributed by atoms with Gasteiger partial charge in [-0.1, -0.05) is 13.8 Å². The predicted molar refractivity (Wildman–Crippen MR) is 53.5 cm³/mol. The molecule has 0 saturated carbocycles. The summed E-state index contributed by atoms with van der Waals surface area (Å²) in [7, 11) is 0. The molecule has 2 aromatic rings. The van der Waals surface area contributed by atoms with Crippen molar-refractivity contribution >= 4 is 0 Å². The Labute approximate surface area is 90.8 Å². The molecular weight excluding hydrogens is 200 g/mol. The van der Waals surface area contributed by atoms with Gasteiger partial charge in [0.1, 0.15) is 0 Å². The summed E-state index contributed by atoms with van der Waals surface area (Å²) < 4.78 is 0. The Kier molecular flexibility index (Phi) is 6.30. The van der Waals surface area contributed by atoms with Crippen LogP contribution in [0.1, 0.15) is 11.1 Å². The summed E-state index contributed by atoms with van der Waals surface area (Å²) in [5.74, 6) is 0. The molecule has 0 nitrogen and oxygen atoms in total. The van der Waals surface area contributed by atoms with Crippen molar-refractivity contribution in [1.82, 2.24) is 0 Å². The second-order valence-electron chi connectivity index (χ2n) is 2.93. The predicted octanol–water partition coefficient (Wildman–Crippen LogP) is 3.43. The van der Waals surface area contributed by atoms with Crippen LogP contribution >= 0.6 is 0 Å². The van der Waals surface area contributed by atoms with Crippen molar-refractivity contribution in [3.63, 3.8) is 0 Å². The van der Waals surface area contributed by atoms with Crippen molar-refractivity contribution in [2.75, 3.05) is 0 Å². The molecule has 0 N–H and O–H groups in total. The van der Waals surface area contributed by atoms with Crippen LogP contribution in [0.4, 0.5) is 0 Å². The molecule has 0 aliphatic carbocycles. The van der Waals surface area contributed by atoms with E-state index in [2.05, 4.69) is 32.0 Å². The van der Waals surface area contributed by atoms with Crippen LogP contribution < -0.4 is 0 Å². The van der Waals surface area contributed by atoms with Crippen LogP contribution in [0.2, 0.25) is 0 Å². The van der Waals surface area contributed by atoms with Gasteiger partial charge in [-0.25, -0.2) is 23.8 Å². The third kappa shape index (κ3) is 5.46. The molecular formula is C12H14Fe. The summed E-state index contributed by atoms with van der Waals surface area (Å²) in [4.78, 5) is 0. The van der Waals surface area contributed by atoms with Gasteiger partial charge in [-0.05, 0) is 0 Å². The molecule has 0 atom stereocenters. The molecule has 0 heterocycles. The van der Waals surface area contributed by atoms with Crippen LogP contribution in [0.5, 0.6) is 0 Å². The second-order valence-corrected chi connectivity index (χ2v) is 2.93. The van der Waals surface area contributed by atoms with Gasteiger partial charge in [-0.2, -0.15) is 35.9 Å². The summed E-state index contributed by atoms with van der Waals surface area (Å²) in [5, 5.41) is 0. The van der Waals surface area contributed by atoms with E-state index in [-0.39, 0.29) is 17.1 Å². The Morgan fingerprint density at radius 2 is 1.69 bits per heavy atom. The van der Waals surface area contributed by atoms with Gasteiger partial charge in [-0.15, -0.1) is 0 Å². The first kappa shape index (κ1) is 12.2. The third-order valence-electron chi connectivity index (χ3n) is 1.62. The zero-order valence-electron chi connectivity index (χ0n) is 7.97. The molecule has 0 aromatic heterocycles. The Balaban J connectivity index is 0.000000215. The first-order valence-corrected chi connectivity index (χ1v) is 4.15. The quantitative estimate of drug-likeness (QED) is 0.465. The van der Waals surface area contributed by atoms with E-state index in [1.807, 2.05) is 30.3 Å². The molecule has 0 saturated heterocycles. The van der Waals surface area contributed by atoms with Crippen LogP contribution in [-0.4, -0.2) is 0 Å². The molecule has 2 rings (SSSR count). The number of hydrogen-bond acceptors (Lipinski definition) is 0. The zero-order chi connectivity index (χ0) is 8.81. The maximum atomic E-state index is 2.17. The normalized spacial score (nSPS) is 8.15. The number of rotatable bonds is 0. The van der Waals surface area contributed by atoms with Crippen LogP contribution in [0, 0.1) is 13.8 Å². The summed E-state index contributed by atoms with van der Waals surface area (Å²) in [6, 6.07) is 16.4. The van der Waals surface area contributed by atoms with Crippen LogP contribution in [0.3, 0.4) is 0 Å². The average Bonchev–Trinajstić information content (AvgIpc) is 2.63. The fourth-order valence-corrected chi connectivity index (χ4v) is 1.04. The van der Waals surface area contributed by atoms with Gasteiger partial charge in [0.15, 0.2) is 0 Å². The van der Waals surface area contributed by atoms with Gasteiger partial charge >= 0.3 is 17.1 Å². The molecule has 0 aliphatic rings. The molecule has 0 bridgehead atoms. The topological polar surface area (TPSA) is 0 Å². The maximum absolute atomic E-state index is 2.17. The molecule has 0 radical (unpaired) electrons. The second kappa shape index (κ2) is 6.71. The van der Waals surface area contributed by atoms with E-state index in [0.29, 0.717) is 0 Å². The zero-order valence-corrected chi connectivity index (χ0v) is 9.08. The molecule has 0 aliphatic heterocycles. The number of aryl methyl sites for hydroxylation is 2. The Hall–Kier alpha value is -0.781. The largest absolute Gasteiger partial charge is 2.00 e. The van der Waals surface area contributed by atoms with E-state index in [0.717, 1.165) is 0 Å². The Morgan fingerprint density at radius 1 is 1.08 bits per heavy atom. The monoisotopic (exact) mass is 214 g/mol. The summed E-state index contributed by atoms with van der Waals surface area (Å²) in [6.07, 6.45) is 0. The first-order chi connectivity index (χ1) is 5.79. The average molecular weight is 214 g/mol. The van der Waals surface area contributed by atoms with Crippen molar-refractivity contribution in [2.45, 2.75) is 13.8 Å². The van der Waals surface area contributed by atoms with E-state index >= 15 is 0 Å². The molecule has 1 heteroatoms. The van der Waals surface area contributed by atoms with Gasteiger partial charge in [-0.3, -0.25) is 0 Å². The van der Waals surface area contributed by atoms with Gasteiger partial charge in [0.05, 0.1) is 0 Å². The van der Waals surface area contributed by atoms with Crippen molar-refractivity contribution in [3.8, 4) is 0 Å². The molecule has 70 valence electrons. The minimum Gasteiger partial charge on any atom is -0.214 e. The van der Waals surface area contributed by atoms with Crippen molar-refractivity contribution in [3.05, 3.63) is 59.7 Å². The van der Waals surface area contributed by atoms with Gasteiger partial charge in [0, 0.05) is 0 Å². The Morgan fingerprint density at radius 3 is 1.85 bits per heavy atom. The minimum atomic E-state index is 0. The Bertz CT molecular complexity index is 257. The van der Waals surface area contributed by atoms with E-state index in [4.69, 9.17) is 0 Å². The van der Waals surface area contributed by atoms with Crippen molar-refractivity contribution in [2.24, 2.45) is 0 Å². The molecule has 2 aromatic carbocycles. The van der Waals surface area contributed by atoms with Gasteiger partial charge in [0.25, 0.3) is 0 Å². The van der Waals surface area contributed by atoms with Gasteiger partial charge in [0.2, 0.25) is 0 Å².